The summed E-state index contributed by atoms with van der Waals surface area (Å²) >= 11 is 1.52. The van der Waals surface area contributed by atoms with Gasteiger partial charge in [-0.15, -0.1) is 11.3 Å². The molecule has 0 bridgehead atoms. The van der Waals surface area contributed by atoms with Crippen LogP contribution in [0.15, 0.2) is 65.6 Å². The van der Waals surface area contributed by atoms with E-state index in [-0.39, 0.29) is 11.3 Å². The molecule has 0 radical (unpaired) electrons. The summed E-state index contributed by atoms with van der Waals surface area (Å²) in [6.45, 7) is 3.09. The first kappa shape index (κ1) is 20.3. The predicted octanol–water partition coefficient (Wildman–Crippen LogP) is 4.45. The molecule has 0 spiro atoms. The zero-order valence-electron chi connectivity index (χ0n) is 17.4. The maximum atomic E-state index is 13.2. The van der Waals surface area contributed by atoms with Gasteiger partial charge >= 0.3 is 0 Å². The fraction of sp³-hybridized carbons (Fsp3) is 0.200. The van der Waals surface area contributed by atoms with Crippen LogP contribution >= 0.6 is 11.3 Å². The van der Waals surface area contributed by atoms with Crippen molar-refractivity contribution in [3.8, 4) is 11.5 Å². The quantitative estimate of drug-likeness (QED) is 0.363. The Kier molecular flexibility index (Phi) is 5.19. The average Bonchev–Trinajstić information content (AvgIpc) is 3.41. The summed E-state index contributed by atoms with van der Waals surface area (Å²) in [7, 11) is 0. The van der Waals surface area contributed by atoms with E-state index in [4.69, 9.17) is 9.47 Å². The number of hydrogen-bond acceptors (Lipinski definition) is 6. The second-order valence-electron chi connectivity index (χ2n) is 7.72. The number of likely N-dealkylation sites (tertiary alicyclic amines) is 1. The van der Waals surface area contributed by atoms with E-state index in [1.807, 2.05) is 48.7 Å². The lowest BCUT2D eigenvalue weighted by atomic mass is 9.92. The van der Waals surface area contributed by atoms with Crippen LogP contribution in [0.5, 0.6) is 11.5 Å². The number of rotatable bonds is 4. The third-order valence-corrected chi connectivity index (χ3v) is 6.61. The van der Waals surface area contributed by atoms with Crippen molar-refractivity contribution in [1.29, 1.82) is 0 Å². The Hall–Kier alpha value is -3.58. The molecule has 2 aliphatic rings. The number of ether oxygens (including phenoxy) is 2. The summed E-state index contributed by atoms with van der Waals surface area (Å²) < 4.78 is 11.2. The van der Waals surface area contributed by atoms with Gasteiger partial charge in [-0.25, -0.2) is 0 Å². The van der Waals surface area contributed by atoms with Crippen molar-refractivity contribution in [2.24, 2.45) is 0 Å². The molecule has 162 valence electrons. The molecule has 1 saturated heterocycles. The Bertz CT molecular complexity index is 1230. The third-order valence-electron chi connectivity index (χ3n) is 5.74. The van der Waals surface area contributed by atoms with Crippen LogP contribution in [-0.2, 0) is 16.1 Å². The monoisotopic (exact) mass is 447 g/mol. The normalized spacial score (nSPS) is 19.4. The van der Waals surface area contributed by atoms with E-state index in [9.17, 15) is 14.7 Å². The lowest BCUT2D eigenvalue weighted by Crippen LogP contribution is -2.29. The summed E-state index contributed by atoms with van der Waals surface area (Å²) in [5.41, 5.74) is 2.23. The Labute approximate surface area is 189 Å². The Morgan fingerprint density at radius 3 is 2.59 bits per heavy atom. The summed E-state index contributed by atoms with van der Waals surface area (Å²) in [5, 5.41) is 13.2. The molecule has 2 aromatic carbocycles. The van der Waals surface area contributed by atoms with Crippen molar-refractivity contribution >= 4 is 28.8 Å². The number of ketones is 1. The molecule has 3 heterocycles. The molecule has 0 saturated carbocycles. The minimum atomic E-state index is -0.692. The van der Waals surface area contributed by atoms with E-state index in [0.717, 1.165) is 16.0 Å². The van der Waals surface area contributed by atoms with Crippen LogP contribution in [0.2, 0.25) is 0 Å². The lowest BCUT2D eigenvalue weighted by molar-refractivity contribution is -0.140. The number of Topliss-reactive ketones (excluding diaryl/α,β-unsaturated/α-hetero) is 1. The highest BCUT2D eigenvalue weighted by molar-refractivity contribution is 7.09. The van der Waals surface area contributed by atoms with Crippen LogP contribution in [-0.4, -0.2) is 34.9 Å². The molecule has 5 rings (SSSR count). The van der Waals surface area contributed by atoms with Gasteiger partial charge in [0.05, 0.1) is 18.2 Å². The molecular weight excluding hydrogens is 426 g/mol. The first-order chi connectivity index (χ1) is 15.5. The maximum Gasteiger partial charge on any atom is 0.295 e. The fourth-order valence-electron chi connectivity index (χ4n) is 4.18. The van der Waals surface area contributed by atoms with Crippen LogP contribution in [0.3, 0.4) is 0 Å². The standard InChI is InChI=1S/C25H21NO5S/c1-15-5-2-3-7-18(15)22-21(24(28)25(29)26(22)14-17-6-4-12-32-17)23(27)16-8-9-19-20(13-16)31-11-10-30-19/h2-9,12-13,22,27H,10-11,14H2,1H3/b23-21+. The van der Waals surface area contributed by atoms with E-state index in [1.165, 1.54) is 11.3 Å². The number of thiophene rings is 1. The zero-order chi connectivity index (χ0) is 22.2. The van der Waals surface area contributed by atoms with Crippen molar-refractivity contribution in [3.05, 3.63) is 87.1 Å². The Balaban J connectivity index is 1.65. The van der Waals surface area contributed by atoms with Gasteiger partial charge in [-0.3, -0.25) is 9.59 Å². The van der Waals surface area contributed by atoms with Crippen LogP contribution in [0, 0.1) is 6.92 Å². The summed E-state index contributed by atoms with van der Waals surface area (Å²) in [4.78, 5) is 28.8. The molecular formula is C25H21NO5S. The minimum Gasteiger partial charge on any atom is -0.507 e. The number of fused-ring (bicyclic) bond motifs is 1. The van der Waals surface area contributed by atoms with Crippen LogP contribution in [0.1, 0.15) is 27.6 Å². The molecule has 2 aliphatic heterocycles. The highest BCUT2D eigenvalue weighted by Crippen LogP contribution is 2.42. The average molecular weight is 448 g/mol. The van der Waals surface area contributed by atoms with Crippen molar-refractivity contribution in [3.63, 3.8) is 0 Å². The van der Waals surface area contributed by atoms with E-state index >= 15 is 0 Å². The summed E-state index contributed by atoms with van der Waals surface area (Å²) in [6, 6.07) is 15.8. The molecule has 32 heavy (non-hydrogen) atoms. The van der Waals surface area contributed by atoms with Gasteiger partial charge in [0.15, 0.2) is 11.5 Å². The second-order valence-corrected chi connectivity index (χ2v) is 8.75. The van der Waals surface area contributed by atoms with Crippen LogP contribution in [0.25, 0.3) is 5.76 Å². The number of aryl methyl sites for hydroxylation is 1. The van der Waals surface area contributed by atoms with E-state index < -0.39 is 17.7 Å². The van der Waals surface area contributed by atoms with Crippen molar-refractivity contribution < 1.29 is 24.2 Å². The molecule has 7 heteroatoms. The Morgan fingerprint density at radius 2 is 1.84 bits per heavy atom. The van der Waals surface area contributed by atoms with Crippen molar-refractivity contribution in [2.45, 2.75) is 19.5 Å². The van der Waals surface area contributed by atoms with Gasteiger partial charge in [0.25, 0.3) is 11.7 Å². The number of benzene rings is 2. The van der Waals surface area contributed by atoms with E-state index in [0.29, 0.717) is 36.8 Å². The predicted molar refractivity (Wildman–Crippen MR) is 121 cm³/mol. The molecule has 1 N–H and O–H groups in total. The molecule has 6 nitrogen and oxygen atoms in total. The number of hydrogen-bond donors (Lipinski definition) is 1. The number of carbonyl (C=O) groups excluding carboxylic acids is 2. The van der Waals surface area contributed by atoms with Gasteiger partial charge in [0.2, 0.25) is 0 Å². The summed E-state index contributed by atoms with van der Waals surface area (Å²) in [6.07, 6.45) is 0. The first-order valence-electron chi connectivity index (χ1n) is 10.3. The van der Waals surface area contributed by atoms with Crippen LogP contribution in [0.4, 0.5) is 0 Å². The van der Waals surface area contributed by atoms with E-state index in [2.05, 4.69) is 0 Å². The van der Waals surface area contributed by atoms with Gasteiger partial charge in [-0.05, 0) is 47.7 Å². The number of nitrogens with zero attached hydrogens (tertiary/aromatic N) is 1. The number of carbonyl (C=O) groups is 2. The SMILES string of the molecule is Cc1ccccc1C1/C(=C(\O)c2ccc3c(c2)OCCO3)C(=O)C(=O)N1Cc1cccs1. The van der Waals surface area contributed by atoms with Gasteiger partial charge in [0, 0.05) is 10.4 Å². The fourth-order valence-corrected chi connectivity index (χ4v) is 4.88. The van der Waals surface area contributed by atoms with Gasteiger partial charge in [0.1, 0.15) is 19.0 Å². The third kappa shape index (κ3) is 3.44. The van der Waals surface area contributed by atoms with Gasteiger partial charge in [-0.1, -0.05) is 30.3 Å². The first-order valence-corrected chi connectivity index (χ1v) is 11.2. The minimum absolute atomic E-state index is 0.0810. The van der Waals surface area contributed by atoms with E-state index in [1.54, 1.807) is 23.1 Å². The number of amides is 1. The van der Waals surface area contributed by atoms with Gasteiger partial charge < -0.3 is 19.5 Å². The molecule has 3 aromatic rings. The highest BCUT2D eigenvalue weighted by atomic mass is 32.1. The smallest absolute Gasteiger partial charge is 0.295 e. The molecule has 1 unspecified atom stereocenters. The zero-order valence-corrected chi connectivity index (χ0v) is 18.2. The Morgan fingerprint density at radius 1 is 1.06 bits per heavy atom. The molecule has 1 amide bonds. The second kappa shape index (κ2) is 8.16. The topological polar surface area (TPSA) is 76.1 Å². The van der Waals surface area contributed by atoms with Gasteiger partial charge in [-0.2, -0.15) is 0 Å². The molecule has 1 atom stereocenters. The summed E-state index contributed by atoms with van der Waals surface area (Å²) in [5.74, 6) is -0.447. The van der Waals surface area contributed by atoms with Crippen LogP contribution < -0.4 is 9.47 Å². The number of aliphatic hydroxyl groups is 1. The molecule has 0 aliphatic carbocycles. The molecule has 1 aromatic heterocycles. The van der Waals surface area contributed by atoms with Crippen molar-refractivity contribution in [2.75, 3.05) is 13.2 Å². The van der Waals surface area contributed by atoms with Crippen molar-refractivity contribution in [1.82, 2.24) is 4.90 Å². The molecule has 1 fully saturated rings. The largest absolute Gasteiger partial charge is 0.507 e. The number of aliphatic hydroxyl groups excluding tert-OH is 1. The highest BCUT2D eigenvalue weighted by Gasteiger charge is 2.46. The maximum absolute atomic E-state index is 13.2. The lowest BCUT2D eigenvalue weighted by Gasteiger charge is -2.26.